The molecule has 1 aromatic carbocycles. The van der Waals surface area contributed by atoms with E-state index < -0.39 is 4.92 Å². The lowest BCUT2D eigenvalue weighted by molar-refractivity contribution is -0.385. The molecule has 9 heteroatoms. The first-order valence-corrected chi connectivity index (χ1v) is 11.5. The van der Waals surface area contributed by atoms with E-state index >= 15 is 0 Å². The molecule has 2 aliphatic rings. The largest absolute Gasteiger partial charge is 0.496 e. The molecule has 0 bridgehead atoms. The van der Waals surface area contributed by atoms with Crippen LogP contribution in [0.1, 0.15) is 31.2 Å². The van der Waals surface area contributed by atoms with E-state index in [4.69, 9.17) is 4.74 Å². The monoisotopic (exact) mass is 453 g/mol. The maximum absolute atomic E-state index is 13.2. The minimum atomic E-state index is -0.443. The number of nitrogens with zero attached hydrogens (tertiary/aromatic N) is 5. The zero-order valence-corrected chi connectivity index (χ0v) is 19.2. The lowest BCUT2D eigenvalue weighted by Crippen LogP contribution is -2.55. The number of para-hydroxylation sites is 1. The van der Waals surface area contributed by atoms with Crippen LogP contribution in [0.3, 0.4) is 0 Å². The molecule has 1 atom stereocenters. The first-order chi connectivity index (χ1) is 16.0. The van der Waals surface area contributed by atoms with Crippen LogP contribution >= 0.6 is 0 Å². The van der Waals surface area contributed by atoms with Crippen LogP contribution in [0, 0.1) is 10.1 Å². The number of nitro groups is 1. The quantitative estimate of drug-likeness (QED) is 0.490. The topological polar surface area (TPSA) is 92.0 Å². The van der Waals surface area contributed by atoms with Crippen molar-refractivity contribution in [3.8, 4) is 5.75 Å². The number of hydrogen-bond acceptors (Lipinski definition) is 7. The van der Waals surface area contributed by atoms with Crippen molar-refractivity contribution >= 4 is 17.4 Å². The minimum Gasteiger partial charge on any atom is -0.496 e. The number of likely N-dealkylation sites (tertiary alicyclic amines) is 1. The van der Waals surface area contributed by atoms with Crippen LogP contribution in [-0.4, -0.2) is 78.0 Å². The summed E-state index contributed by atoms with van der Waals surface area (Å²) in [5.41, 5.74) is 1.22. The highest BCUT2D eigenvalue weighted by Gasteiger charge is 2.32. The van der Waals surface area contributed by atoms with Gasteiger partial charge >= 0.3 is 0 Å². The van der Waals surface area contributed by atoms with Gasteiger partial charge in [-0.1, -0.05) is 18.2 Å². The number of anilines is 1. The van der Waals surface area contributed by atoms with E-state index in [1.54, 1.807) is 13.2 Å². The fourth-order valence-corrected chi connectivity index (χ4v) is 4.85. The summed E-state index contributed by atoms with van der Waals surface area (Å²) in [6, 6.07) is 11.2. The van der Waals surface area contributed by atoms with Gasteiger partial charge in [0.1, 0.15) is 17.8 Å². The van der Waals surface area contributed by atoms with Crippen molar-refractivity contribution in [2.45, 2.75) is 31.7 Å². The molecule has 2 saturated heterocycles. The Labute approximate surface area is 194 Å². The smallest absolute Gasteiger partial charge is 0.287 e. The fourth-order valence-electron chi connectivity index (χ4n) is 4.85. The van der Waals surface area contributed by atoms with Crippen LogP contribution in [0.15, 0.2) is 42.6 Å². The molecular formula is C24H31N5O4. The van der Waals surface area contributed by atoms with E-state index in [1.165, 1.54) is 17.8 Å². The molecule has 2 aliphatic heterocycles. The number of piperazine rings is 1. The van der Waals surface area contributed by atoms with Crippen LogP contribution in [0.25, 0.3) is 0 Å². The van der Waals surface area contributed by atoms with Gasteiger partial charge in [-0.3, -0.25) is 19.8 Å². The molecular weight excluding hydrogens is 422 g/mol. The molecule has 0 aliphatic carbocycles. The number of ether oxygens (including phenoxy) is 1. The summed E-state index contributed by atoms with van der Waals surface area (Å²) in [6.07, 6.45) is 3.18. The second-order valence-electron chi connectivity index (χ2n) is 8.67. The number of aromatic nitrogens is 1. The molecule has 176 valence electrons. The molecule has 1 amide bonds. The van der Waals surface area contributed by atoms with E-state index in [0.29, 0.717) is 5.92 Å². The number of methoxy groups -OCH3 is 1. The highest BCUT2D eigenvalue weighted by Crippen LogP contribution is 2.34. The van der Waals surface area contributed by atoms with Gasteiger partial charge in [0.05, 0.1) is 18.1 Å². The molecule has 0 spiro atoms. The van der Waals surface area contributed by atoms with E-state index in [1.807, 2.05) is 30.0 Å². The van der Waals surface area contributed by atoms with Gasteiger partial charge in [-0.25, -0.2) is 4.98 Å². The Bertz CT molecular complexity index is 967. The van der Waals surface area contributed by atoms with Gasteiger partial charge in [-0.05, 0) is 43.4 Å². The second kappa shape index (κ2) is 10.2. The van der Waals surface area contributed by atoms with Crippen molar-refractivity contribution in [3.05, 3.63) is 58.3 Å². The van der Waals surface area contributed by atoms with Gasteiger partial charge in [-0.15, -0.1) is 0 Å². The first-order valence-electron chi connectivity index (χ1n) is 11.5. The zero-order valence-electron chi connectivity index (χ0n) is 19.2. The predicted octanol–water partition coefficient (Wildman–Crippen LogP) is 2.92. The first kappa shape index (κ1) is 23.0. The number of hydrogen-bond donors (Lipinski definition) is 0. The average Bonchev–Trinajstić information content (AvgIpc) is 2.88. The Hall–Kier alpha value is -3.20. The van der Waals surface area contributed by atoms with Crippen LogP contribution in [0.5, 0.6) is 5.75 Å². The molecule has 2 aromatic rings. The van der Waals surface area contributed by atoms with Gasteiger partial charge in [0, 0.05) is 45.3 Å². The number of carbonyl (C=O) groups is 1. The van der Waals surface area contributed by atoms with Crippen molar-refractivity contribution < 1.29 is 14.5 Å². The fraction of sp³-hybridized carbons (Fsp3) is 0.500. The number of piperidine rings is 1. The van der Waals surface area contributed by atoms with Crippen molar-refractivity contribution in [2.24, 2.45) is 0 Å². The summed E-state index contributed by atoms with van der Waals surface area (Å²) in [5.74, 6) is 2.27. The van der Waals surface area contributed by atoms with E-state index in [-0.39, 0.29) is 17.6 Å². The molecule has 2 fully saturated rings. The summed E-state index contributed by atoms with van der Waals surface area (Å²) in [5, 5.41) is 10.8. The maximum atomic E-state index is 13.2. The van der Waals surface area contributed by atoms with Gasteiger partial charge in [0.25, 0.3) is 5.69 Å². The van der Waals surface area contributed by atoms with Crippen molar-refractivity contribution in [3.63, 3.8) is 0 Å². The Kier molecular flexibility index (Phi) is 7.08. The average molecular weight is 454 g/mol. The highest BCUT2D eigenvalue weighted by molar-refractivity contribution is 5.81. The van der Waals surface area contributed by atoms with Crippen LogP contribution < -0.4 is 9.64 Å². The molecule has 9 nitrogen and oxygen atoms in total. The Morgan fingerprint density at radius 3 is 2.39 bits per heavy atom. The molecule has 1 aromatic heterocycles. The van der Waals surface area contributed by atoms with E-state index in [0.717, 1.165) is 63.7 Å². The van der Waals surface area contributed by atoms with Crippen LogP contribution in [0.4, 0.5) is 11.5 Å². The van der Waals surface area contributed by atoms with Crippen molar-refractivity contribution in [1.29, 1.82) is 0 Å². The SMILES string of the molecule is COc1ccccc1C1CCN(C(=O)C(C)N2CCN(c3ccc([N+](=O)[O-])cn3)CC2)CC1. The van der Waals surface area contributed by atoms with E-state index in [9.17, 15) is 14.9 Å². The van der Waals surface area contributed by atoms with Gasteiger partial charge in [0.15, 0.2) is 0 Å². The van der Waals surface area contributed by atoms with Gasteiger partial charge in [0.2, 0.25) is 5.91 Å². The molecule has 0 N–H and O–H groups in total. The number of benzene rings is 1. The highest BCUT2D eigenvalue weighted by atomic mass is 16.6. The van der Waals surface area contributed by atoms with Crippen molar-refractivity contribution in [2.75, 3.05) is 51.3 Å². The molecule has 0 saturated carbocycles. The summed E-state index contributed by atoms with van der Waals surface area (Å²) >= 11 is 0. The summed E-state index contributed by atoms with van der Waals surface area (Å²) in [6.45, 7) is 6.49. The lowest BCUT2D eigenvalue weighted by Gasteiger charge is -2.40. The number of amides is 1. The second-order valence-corrected chi connectivity index (χ2v) is 8.67. The number of pyridine rings is 1. The number of carbonyl (C=O) groups excluding carboxylic acids is 1. The molecule has 1 unspecified atom stereocenters. The van der Waals surface area contributed by atoms with Crippen LogP contribution in [-0.2, 0) is 4.79 Å². The lowest BCUT2D eigenvalue weighted by atomic mass is 9.88. The molecule has 4 rings (SSSR count). The van der Waals surface area contributed by atoms with E-state index in [2.05, 4.69) is 20.9 Å². The van der Waals surface area contributed by atoms with Gasteiger partial charge < -0.3 is 14.5 Å². The third kappa shape index (κ3) is 5.08. The Balaban J connectivity index is 1.28. The minimum absolute atomic E-state index is 0.00826. The predicted molar refractivity (Wildman–Crippen MR) is 126 cm³/mol. The Morgan fingerprint density at radius 2 is 1.79 bits per heavy atom. The normalized spacial score (nSPS) is 18.7. The zero-order chi connectivity index (χ0) is 23.4. The standard InChI is InChI=1S/C24H31N5O4/c1-18(26-13-15-27(16-14-26)23-8-7-20(17-25-23)29(31)32)24(30)28-11-9-19(10-12-28)21-5-3-4-6-22(21)33-2/h3-8,17-19H,9-16H2,1-2H3. The third-order valence-electron chi connectivity index (χ3n) is 6.87. The summed E-state index contributed by atoms with van der Waals surface area (Å²) in [4.78, 5) is 34.1. The van der Waals surface area contributed by atoms with Crippen molar-refractivity contribution in [1.82, 2.24) is 14.8 Å². The third-order valence-corrected chi connectivity index (χ3v) is 6.87. The number of rotatable bonds is 6. The maximum Gasteiger partial charge on any atom is 0.287 e. The summed E-state index contributed by atoms with van der Waals surface area (Å²) in [7, 11) is 1.70. The summed E-state index contributed by atoms with van der Waals surface area (Å²) < 4.78 is 5.52. The molecule has 3 heterocycles. The van der Waals surface area contributed by atoms with Crippen LogP contribution in [0.2, 0.25) is 0 Å². The Morgan fingerprint density at radius 1 is 1.09 bits per heavy atom. The van der Waals surface area contributed by atoms with Gasteiger partial charge in [-0.2, -0.15) is 0 Å². The molecule has 33 heavy (non-hydrogen) atoms. The molecule has 0 radical (unpaired) electrons.